The SMILES string of the molecule is CC1(C)[C@H]2CC[C@@]1(c1cccc(-c3cnc(CCS(C)(=O)=O)nc3)n1)c1nnc(-c3c(F)cccc3F)cc12. The molecule has 1 fully saturated rings. The fourth-order valence-electron chi connectivity index (χ4n) is 6.48. The van der Waals surface area contributed by atoms with Crippen LogP contribution >= 0.6 is 0 Å². The van der Waals surface area contributed by atoms with Crippen molar-refractivity contribution in [2.24, 2.45) is 5.41 Å². The first kappa shape index (κ1) is 25.6. The molecule has 0 saturated heterocycles. The highest BCUT2D eigenvalue weighted by molar-refractivity contribution is 7.90. The summed E-state index contributed by atoms with van der Waals surface area (Å²) in [5.41, 5.74) is 3.30. The lowest BCUT2D eigenvalue weighted by molar-refractivity contribution is 0.243. The third kappa shape index (κ3) is 4.04. The molecule has 2 bridgehead atoms. The summed E-state index contributed by atoms with van der Waals surface area (Å²) in [7, 11) is -3.10. The van der Waals surface area contributed by atoms with Crippen molar-refractivity contribution in [3.8, 4) is 22.5 Å². The topological polar surface area (TPSA) is 98.6 Å². The molecule has 0 radical (unpaired) electrons. The van der Waals surface area contributed by atoms with Gasteiger partial charge in [0, 0.05) is 30.6 Å². The summed E-state index contributed by atoms with van der Waals surface area (Å²) in [6, 6.07) is 11.4. The van der Waals surface area contributed by atoms with Gasteiger partial charge in [-0.25, -0.2) is 27.2 Å². The molecule has 3 heterocycles. The summed E-state index contributed by atoms with van der Waals surface area (Å²) < 4.78 is 52.0. The first-order valence-corrected chi connectivity index (χ1v) is 14.9. The van der Waals surface area contributed by atoms with Gasteiger partial charge in [0.2, 0.25) is 0 Å². The average molecular weight is 548 g/mol. The number of aromatic nitrogens is 5. The molecule has 0 amide bonds. The molecule has 7 nitrogen and oxygen atoms in total. The summed E-state index contributed by atoms with van der Waals surface area (Å²) in [5, 5.41) is 8.90. The number of benzene rings is 1. The van der Waals surface area contributed by atoms with Crippen molar-refractivity contribution in [3.63, 3.8) is 0 Å². The van der Waals surface area contributed by atoms with Crippen LogP contribution in [0.1, 0.15) is 55.4 Å². The lowest BCUT2D eigenvalue weighted by Crippen LogP contribution is -2.37. The van der Waals surface area contributed by atoms with E-state index >= 15 is 0 Å². The molecule has 0 unspecified atom stereocenters. The minimum Gasteiger partial charge on any atom is -0.252 e. The van der Waals surface area contributed by atoms with Gasteiger partial charge in [0.05, 0.1) is 39.5 Å². The highest BCUT2D eigenvalue weighted by Crippen LogP contribution is 2.69. The molecular weight excluding hydrogens is 520 g/mol. The van der Waals surface area contributed by atoms with E-state index in [4.69, 9.17) is 4.98 Å². The van der Waals surface area contributed by atoms with E-state index in [0.29, 0.717) is 11.5 Å². The van der Waals surface area contributed by atoms with Crippen LogP contribution in [0.4, 0.5) is 8.78 Å². The molecule has 0 aliphatic heterocycles. The maximum atomic E-state index is 14.5. The van der Waals surface area contributed by atoms with Crippen LogP contribution in [0.25, 0.3) is 22.5 Å². The van der Waals surface area contributed by atoms with Crippen LogP contribution in [-0.4, -0.2) is 45.6 Å². The van der Waals surface area contributed by atoms with Gasteiger partial charge in [0.15, 0.2) is 0 Å². The number of hydrogen-bond acceptors (Lipinski definition) is 7. The maximum Gasteiger partial charge on any atom is 0.147 e. The Hall–Kier alpha value is -3.66. The van der Waals surface area contributed by atoms with E-state index in [0.717, 1.165) is 35.4 Å². The summed E-state index contributed by atoms with van der Waals surface area (Å²) in [5.74, 6) is -0.745. The lowest BCUT2D eigenvalue weighted by atomic mass is 9.66. The van der Waals surface area contributed by atoms with E-state index in [1.807, 2.05) is 18.2 Å². The van der Waals surface area contributed by atoms with E-state index in [1.54, 1.807) is 18.5 Å². The predicted octanol–water partition coefficient (Wildman–Crippen LogP) is 5.06. The van der Waals surface area contributed by atoms with Crippen LogP contribution < -0.4 is 0 Å². The molecule has 0 spiro atoms. The Balaban J connectivity index is 1.39. The van der Waals surface area contributed by atoms with Gasteiger partial charge in [-0.1, -0.05) is 26.0 Å². The Labute approximate surface area is 225 Å². The zero-order valence-corrected chi connectivity index (χ0v) is 22.6. The molecule has 6 rings (SSSR count). The van der Waals surface area contributed by atoms with Crippen LogP contribution in [0.15, 0.2) is 54.9 Å². The van der Waals surface area contributed by atoms with E-state index in [1.165, 1.54) is 24.5 Å². The van der Waals surface area contributed by atoms with Gasteiger partial charge in [-0.15, -0.1) is 5.10 Å². The number of nitrogens with zero attached hydrogens (tertiary/aromatic N) is 5. The first-order chi connectivity index (χ1) is 18.5. The smallest absolute Gasteiger partial charge is 0.147 e. The fourth-order valence-corrected chi connectivity index (χ4v) is 7.04. The van der Waals surface area contributed by atoms with Gasteiger partial charge in [-0.2, -0.15) is 5.10 Å². The summed E-state index contributed by atoms with van der Waals surface area (Å²) in [4.78, 5) is 13.7. The van der Waals surface area contributed by atoms with Crippen LogP contribution in [0.3, 0.4) is 0 Å². The minimum absolute atomic E-state index is 0.00936. The Morgan fingerprint density at radius 2 is 1.67 bits per heavy atom. The molecule has 2 aliphatic rings. The van der Waals surface area contributed by atoms with Crippen LogP contribution in [-0.2, 0) is 21.7 Å². The van der Waals surface area contributed by atoms with Crippen molar-refractivity contribution in [1.82, 2.24) is 25.1 Å². The second kappa shape index (κ2) is 8.94. The third-order valence-corrected chi connectivity index (χ3v) is 9.43. The number of aryl methyl sites for hydroxylation is 1. The van der Waals surface area contributed by atoms with E-state index in [2.05, 4.69) is 34.0 Å². The second-order valence-electron chi connectivity index (χ2n) is 11.0. The zero-order valence-electron chi connectivity index (χ0n) is 21.8. The summed E-state index contributed by atoms with van der Waals surface area (Å²) in [6.07, 6.45) is 6.49. The molecule has 3 aromatic heterocycles. The first-order valence-electron chi connectivity index (χ1n) is 12.8. The van der Waals surface area contributed by atoms with Gasteiger partial charge >= 0.3 is 0 Å². The Morgan fingerprint density at radius 3 is 2.36 bits per heavy atom. The van der Waals surface area contributed by atoms with Crippen molar-refractivity contribution in [2.45, 2.75) is 44.4 Å². The van der Waals surface area contributed by atoms with Gasteiger partial charge in [-0.05, 0) is 60.1 Å². The molecule has 4 aromatic rings. The maximum absolute atomic E-state index is 14.5. The number of rotatable bonds is 6. The number of sulfone groups is 1. The molecule has 1 aromatic carbocycles. The predicted molar refractivity (Wildman–Crippen MR) is 143 cm³/mol. The Morgan fingerprint density at radius 1 is 0.974 bits per heavy atom. The molecular formula is C29H27F2N5O2S. The van der Waals surface area contributed by atoms with Crippen molar-refractivity contribution in [2.75, 3.05) is 12.0 Å². The van der Waals surface area contributed by atoms with Gasteiger partial charge in [-0.3, -0.25) is 4.98 Å². The van der Waals surface area contributed by atoms with E-state index in [-0.39, 0.29) is 34.8 Å². The largest absolute Gasteiger partial charge is 0.252 e. The molecule has 0 N–H and O–H groups in total. The van der Waals surface area contributed by atoms with Gasteiger partial charge < -0.3 is 0 Å². The Bertz CT molecular complexity index is 1690. The molecule has 39 heavy (non-hydrogen) atoms. The molecule has 2 atom stereocenters. The van der Waals surface area contributed by atoms with Crippen molar-refractivity contribution in [3.05, 3.63) is 89.3 Å². The fraction of sp³-hybridized carbons (Fsp3) is 0.345. The lowest BCUT2D eigenvalue weighted by Gasteiger charge is -2.37. The highest BCUT2D eigenvalue weighted by atomic mass is 32.2. The molecule has 1 saturated carbocycles. The van der Waals surface area contributed by atoms with Crippen molar-refractivity contribution in [1.29, 1.82) is 0 Å². The summed E-state index contributed by atoms with van der Waals surface area (Å²) in [6.45, 7) is 4.40. The average Bonchev–Trinajstić information content (AvgIpc) is 3.28. The number of halogens is 2. The number of pyridine rings is 1. The van der Waals surface area contributed by atoms with Gasteiger partial charge in [0.25, 0.3) is 0 Å². The number of fused-ring (bicyclic) bond motifs is 5. The van der Waals surface area contributed by atoms with Gasteiger partial charge in [0.1, 0.15) is 27.3 Å². The normalized spacial score (nSPS) is 21.2. The van der Waals surface area contributed by atoms with Crippen molar-refractivity contribution >= 4 is 9.84 Å². The van der Waals surface area contributed by atoms with Crippen LogP contribution in [0.5, 0.6) is 0 Å². The minimum atomic E-state index is -3.10. The molecule has 10 heteroatoms. The Kier molecular flexibility index (Phi) is 5.87. The molecule has 2 aliphatic carbocycles. The van der Waals surface area contributed by atoms with Crippen LogP contribution in [0.2, 0.25) is 0 Å². The standard InChI is InChI=1S/C29H27F2N5O2S/c1-28(2)19-10-12-29(28,27-18(19)14-23(35-36-27)26-20(30)6-4-7-21(26)31)24-9-5-8-22(34-24)17-15-32-25(33-16-17)11-13-39(3,37)38/h4-9,14-16,19H,10-13H2,1-3H3/t19-,29+/m0/s1. The third-order valence-electron chi connectivity index (χ3n) is 8.48. The highest BCUT2D eigenvalue weighted by Gasteiger charge is 2.65. The molecule has 200 valence electrons. The van der Waals surface area contributed by atoms with E-state index in [9.17, 15) is 17.2 Å². The second-order valence-corrected chi connectivity index (χ2v) is 13.3. The van der Waals surface area contributed by atoms with Crippen molar-refractivity contribution < 1.29 is 17.2 Å². The van der Waals surface area contributed by atoms with E-state index < -0.39 is 26.9 Å². The quantitative estimate of drug-likeness (QED) is 0.333. The zero-order chi connectivity index (χ0) is 27.6. The van der Waals surface area contributed by atoms with Crippen LogP contribution in [0, 0.1) is 17.0 Å². The monoisotopic (exact) mass is 547 g/mol. The number of hydrogen-bond donors (Lipinski definition) is 0. The summed E-state index contributed by atoms with van der Waals surface area (Å²) >= 11 is 0.